The maximum Gasteiger partial charge on any atom is 0.316 e. The second-order valence-corrected chi connectivity index (χ2v) is 4.74. The fraction of sp³-hybridized carbons (Fsp3) is 0.500. The van der Waals surface area contributed by atoms with Crippen molar-refractivity contribution in [1.82, 2.24) is 0 Å². The molecule has 1 aliphatic rings. The predicted octanol–water partition coefficient (Wildman–Crippen LogP) is 2.12. The average Bonchev–Trinajstić information content (AvgIpc) is 2.38. The highest BCUT2D eigenvalue weighted by Gasteiger charge is 2.25. The van der Waals surface area contributed by atoms with Crippen LogP contribution in [-0.4, -0.2) is 18.0 Å². The standard InChI is InChI=1S/C12H18N4O2/c1-9-5-7-15(8-6-9)11-4-2-3-10(14-13)12(11)16(17)18/h2-4,9,14H,5-8,13H2,1H3. The van der Waals surface area contributed by atoms with Crippen molar-refractivity contribution >= 4 is 17.1 Å². The van der Waals surface area contributed by atoms with Crippen molar-refractivity contribution in [2.45, 2.75) is 19.8 Å². The molecular weight excluding hydrogens is 232 g/mol. The smallest absolute Gasteiger partial charge is 0.316 e. The first-order valence-electron chi connectivity index (χ1n) is 6.12. The zero-order chi connectivity index (χ0) is 13.1. The van der Waals surface area contributed by atoms with Gasteiger partial charge in [0, 0.05) is 13.1 Å². The largest absolute Gasteiger partial charge is 0.366 e. The van der Waals surface area contributed by atoms with E-state index in [4.69, 9.17) is 5.84 Å². The Bertz CT molecular complexity index is 442. The first kappa shape index (κ1) is 12.6. The van der Waals surface area contributed by atoms with Gasteiger partial charge in [0.25, 0.3) is 0 Å². The van der Waals surface area contributed by atoms with E-state index in [2.05, 4.69) is 17.2 Å². The number of piperidine rings is 1. The second-order valence-electron chi connectivity index (χ2n) is 4.74. The third-order valence-corrected chi connectivity index (χ3v) is 3.48. The summed E-state index contributed by atoms with van der Waals surface area (Å²) in [6.07, 6.45) is 2.13. The molecule has 6 heteroatoms. The highest BCUT2D eigenvalue weighted by atomic mass is 16.6. The fourth-order valence-electron chi connectivity index (χ4n) is 2.34. The molecule has 0 unspecified atom stereocenters. The molecule has 1 aromatic rings. The Morgan fingerprint density at radius 1 is 1.44 bits per heavy atom. The van der Waals surface area contributed by atoms with Gasteiger partial charge in [0.05, 0.1) is 4.92 Å². The van der Waals surface area contributed by atoms with Gasteiger partial charge in [-0.05, 0) is 30.9 Å². The number of hydrogen-bond acceptors (Lipinski definition) is 5. The predicted molar refractivity (Wildman–Crippen MR) is 71.5 cm³/mol. The summed E-state index contributed by atoms with van der Waals surface area (Å²) in [6, 6.07) is 5.19. The molecule has 1 fully saturated rings. The van der Waals surface area contributed by atoms with Crippen molar-refractivity contribution in [3.63, 3.8) is 0 Å². The summed E-state index contributed by atoms with van der Waals surface area (Å²) >= 11 is 0. The molecule has 1 saturated heterocycles. The summed E-state index contributed by atoms with van der Waals surface area (Å²) in [5, 5.41) is 11.2. The first-order valence-corrected chi connectivity index (χ1v) is 6.12. The van der Waals surface area contributed by atoms with Crippen molar-refractivity contribution in [3.05, 3.63) is 28.3 Å². The lowest BCUT2D eigenvalue weighted by Crippen LogP contribution is -2.33. The Morgan fingerprint density at radius 3 is 2.67 bits per heavy atom. The normalized spacial score (nSPS) is 16.7. The van der Waals surface area contributed by atoms with Crippen LogP contribution in [0, 0.1) is 16.0 Å². The summed E-state index contributed by atoms with van der Waals surface area (Å²) in [7, 11) is 0. The summed E-state index contributed by atoms with van der Waals surface area (Å²) < 4.78 is 0. The lowest BCUT2D eigenvalue weighted by molar-refractivity contribution is -0.383. The molecule has 6 nitrogen and oxygen atoms in total. The van der Waals surface area contributed by atoms with Crippen molar-refractivity contribution < 1.29 is 4.92 Å². The minimum atomic E-state index is -0.372. The lowest BCUT2D eigenvalue weighted by atomic mass is 9.98. The third kappa shape index (κ3) is 2.38. The van der Waals surface area contributed by atoms with Gasteiger partial charge >= 0.3 is 5.69 Å². The van der Waals surface area contributed by atoms with Crippen LogP contribution in [0.1, 0.15) is 19.8 Å². The number of nitro groups is 1. The third-order valence-electron chi connectivity index (χ3n) is 3.48. The molecule has 0 aromatic heterocycles. The summed E-state index contributed by atoms with van der Waals surface area (Å²) in [5.74, 6) is 6.03. The number of nitrogen functional groups attached to an aromatic ring is 1. The van der Waals surface area contributed by atoms with Crippen molar-refractivity contribution in [1.29, 1.82) is 0 Å². The van der Waals surface area contributed by atoms with Gasteiger partial charge in [-0.2, -0.15) is 0 Å². The van der Waals surface area contributed by atoms with Crippen molar-refractivity contribution in [2.75, 3.05) is 23.4 Å². The number of para-hydroxylation sites is 1. The number of nitrogens with one attached hydrogen (secondary N) is 1. The van der Waals surface area contributed by atoms with Gasteiger partial charge in [0.15, 0.2) is 0 Å². The van der Waals surface area contributed by atoms with E-state index >= 15 is 0 Å². The molecule has 1 aromatic carbocycles. The van der Waals surface area contributed by atoms with Crippen molar-refractivity contribution in [3.8, 4) is 0 Å². The molecule has 18 heavy (non-hydrogen) atoms. The number of anilines is 2. The Balaban J connectivity index is 2.35. The van der Waals surface area contributed by atoms with Crippen LogP contribution in [0.2, 0.25) is 0 Å². The molecule has 0 amide bonds. The molecular formula is C12H18N4O2. The van der Waals surface area contributed by atoms with Crippen LogP contribution in [-0.2, 0) is 0 Å². The van der Waals surface area contributed by atoms with Crippen LogP contribution in [0.3, 0.4) is 0 Å². The average molecular weight is 250 g/mol. The Kier molecular flexibility index (Phi) is 3.66. The van der Waals surface area contributed by atoms with E-state index in [9.17, 15) is 10.1 Å². The number of hydrogen-bond donors (Lipinski definition) is 2. The number of benzene rings is 1. The van der Waals surface area contributed by atoms with Crippen LogP contribution in [0.25, 0.3) is 0 Å². The van der Waals surface area contributed by atoms with Crippen LogP contribution in [0.15, 0.2) is 18.2 Å². The van der Waals surface area contributed by atoms with E-state index in [0.717, 1.165) is 25.9 Å². The topological polar surface area (TPSA) is 84.4 Å². The minimum absolute atomic E-state index is 0.0644. The molecule has 3 N–H and O–H groups in total. The van der Waals surface area contributed by atoms with E-state index in [0.29, 0.717) is 17.3 Å². The molecule has 0 aliphatic carbocycles. The molecule has 1 heterocycles. The summed E-state index contributed by atoms with van der Waals surface area (Å²) in [5.41, 5.74) is 3.47. The zero-order valence-corrected chi connectivity index (χ0v) is 10.4. The van der Waals surface area contributed by atoms with E-state index in [1.807, 2.05) is 0 Å². The van der Waals surface area contributed by atoms with Crippen LogP contribution < -0.4 is 16.2 Å². The van der Waals surface area contributed by atoms with Crippen LogP contribution in [0.5, 0.6) is 0 Å². The Hall–Kier alpha value is -1.82. The van der Waals surface area contributed by atoms with Crippen molar-refractivity contribution in [2.24, 2.45) is 11.8 Å². The molecule has 0 radical (unpaired) electrons. The minimum Gasteiger partial charge on any atom is -0.366 e. The Labute approximate surface area is 106 Å². The molecule has 98 valence electrons. The second kappa shape index (κ2) is 5.22. The maximum atomic E-state index is 11.2. The number of nitrogens with zero attached hydrogens (tertiary/aromatic N) is 2. The van der Waals surface area contributed by atoms with Gasteiger partial charge in [-0.3, -0.25) is 16.0 Å². The molecule has 0 atom stereocenters. The van der Waals surface area contributed by atoms with Crippen LogP contribution >= 0.6 is 0 Å². The number of nitrogens with two attached hydrogens (primary N) is 1. The monoisotopic (exact) mass is 250 g/mol. The summed E-state index contributed by atoms with van der Waals surface area (Å²) in [6.45, 7) is 3.93. The quantitative estimate of drug-likeness (QED) is 0.487. The van der Waals surface area contributed by atoms with Gasteiger partial charge in [0.1, 0.15) is 11.4 Å². The lowest BCUT2D eigenvalue weighted by Gasteiger charge is -2.31. The molecule has 1 aliphatic heterocycles. The SMILES string of the molecule is CC1CCN(c2cccc(NN)c2[N+](=O)[O-])CC1. The Morgan fingerprint density at radius 2 is 2.11 bits per heavy atom. The molecule has 0 saturated carbocycles. The number of rotatable bonds is 3. The number of hydrazine groups is 1. The molecule has 0 spiro atoms. The van der Waals surface area contributed by atoms with Gasteiger partial charge in [-0.1, -0.05) is 13.0 Å². The van der Waals surface area contributed by atoms with E-state index in [-0.39, 0.29) is 10.6 Å². The highest BCUT2D eigenvalue weighted by Crippen LogP contribution is 2.36. The maximum absolute atomic E-state index is 11.2. The zero-order valence-electron chi connectivity index (χ0n) is 10.4. The van der Waals surface area contributed by atoms with Gasteiger partial charge in [-0.25, -0.2) is 0 Å². The van der Waals surface area contributed by atoms with Gasteiger partial charge in [-0.15, -0.1) is 0 Å². The van der Waals surface area contributed by atoms with Gasteiger partial charge < -0.3 is 10.3 Å². The van der Waals surface area contributed by atoms with Gasteiger partial charge in [0.2, 0.25) is 0 Å². The highest BCUT2D eigenvalue weighted by molar-refractivity contribution is 5.76. The van der Waals surface area contributed by atoms with E-state index in [1.54, 1.807) is 18.2 Å². The van der Waals surface area contributed by atoms with Crippen LogP contribution in [0.4, 0.5) is 17.1 Å². The fourth-order valence-corrected chi connectivity index (χ4v) is 2.34. The summed E-state index contributed by atoms with van der Waals surface area (Å²) in [4.78, 5) is 12.9. The van der Waals surface area contributed by atoms with E-state index in [1.165, 1.54) is 0 Å². The number of nitro benzene ring substituents is 1. The molecule has 2 rings (SSSR count). The molecule has 0 bridgehead atoms. The van der Waals surface area contributed by atoms with E-state index < -0.39 is 0 Å². The first-order chi connectivity index (χ1) is 8.63.